The van der Waals surface area contributed by atoms with Gasteiger partial charge in [0.05, 0.1) is 12.3 Å². The van der Waals surface area contributed by atoms with E-state index in [9.17, 15) is 4.79 Å². The van der Waals surface area contributed by atoms with Crippen LogP contribution in [0.1, 0.15) is 44.0 Å². The van der Waals surface area contributed by atoms with Gasteiger partial charge in [0.15, 0.2) is 5.76 Å². The van der Waals surface area contributed by atoms with Gasteiger partial charge in [-0.1, -0.05) is 28.1 Å². The van der Waals surface area contributed by atoms with Crippen molar-refractivity contribution >= 4 is 44.1 Å². The highest BCUT2D eigenvalue weighted by Gasteiger charge is 2.23. The van der Waals surface area contributed by atoms with E-state index >= 15 is 0 Å². The predicted molar refractivity (Wildman–Crippen MR) is 127 cm³/mol. The summed E-state index contributed by atoms with van der Waals surface area (Å²) in [6.45, 7) is 5.90. The fourth-order valence-electron chi connectivity index (χ4n) is 3.36. The number of amides is 1. The number of thiophene rings is 1. The van der Waals surface area contributed by atoms with Gasteiger partial charge in [0.25, 0.3) is 5.91 Å². The number of aryl methyl sites for hydroxylation is 3. The molecule has 158 valence electrons. The van der Waals surface area contributed by atoms with Crippen LogP contribution in [0.5, 0.6) is 0 Å². The number of hydrogen-bond donors (Lipinski definition) is 2. The molecule has 0 aliphatic heterocycles. The Labute approximate surface area is 192 Å². The average Bonchev–Trinajstić information content (AvgIpc) is 3.35. The van der Waals surface area contributed by atoms with Crippen molar-refractivity contribution in [3.8, 4) is 0 Å². The van der Waals surface area contributed by atoms with E-state index in [0.717, 1.165) is 36.9 Å². The van der Waals surface area contributed by atoms with Crippen LogP contribution >= 0.6 is 27.3 Å². The zero-order valence-electron chi connectivity index (χ0n) is 17.3. The lowest BCUT2D eigenvalue weighted by Gasteiger charge is -2.21. The van der Waals surface area contributed by atoms with Gasteiger partial charge in [-0.15, -0.1) is 11.3 Å². The Morgan fingerprint density at radius 3 is 2.52 bits per heavy atom. The molecule has 0 bridgehead atoms. The molecule has 0 fully saturated rings. The van der Waals surface area contributed by atoms with Crippen molar-refractivity contribution in [3.63, 3.8) is 0 Å². The maximum atomic E-state index is 12.6. The normalized spacial score (nSPS) is 11.9. The van der Waals surface area contributed by atoms with Crippen molar-refractivity contribution in [2.75, 3.05) is 10.6 Å². The monoisotopic (exact) mass is 496 g/mol. The van der Waals surface area contributed by atoms with Crippen molar-refractivity contribution in [1.29, 1.82) is 0 Å². The lowest BCUT2D eigenvalue weighted by atomic mass is 10.00. The second kappa shape index (κ2) is 9.03. The van der Waals surface area contributed by atoms with Gasteiger partial charge in [-0.2, -0.15) is 0 Å². The van der Waals surface area contributed by atoms with Crippen molar-refractivity contribution in [3.05, 3.63) is 92.4 Å². The quantitative estimate of drug-likeness (QED) is 0.328. The third kappa shape index (κ3) is 5.03. The first-order chi connectivity index (χ1) is 14.9. The second-order valence-electron chi connectivity index (χ2n) is 7.18. The number of carbonyl (C=O) groups excluding carboxylic acids is 1. The molecule has 0 spiro atoms. The molecule has 3 aromatic heterocycles. The van der Waals surface area contributed by atoms with Gasteiger partial charge in [-0.25, -0.2) is 9.97 Å². The van der Waals surface area contributed by atoms with E-state index < -0.39 is 0 Å². The Morgan fingerprint density at radius 1 is 1.06 bits per heavy atom. The standard InChI is InChI=1S/C23H21BrN4O2S/c1-13-10-14(2)26-23(25-13)27-20(16-6-4-7-17(24)12-16)18-11-15(3)31-22(18)28-21(29)19-8-5-9-30-19/h4-12,20H,1-3H3,(H,28,29)(H,25,26,27). The molecule has 1 unspecified atom stereocenters. The van der Waals surface area contributed by atoms with Crippen LogP contribution in [0.15, 0.2) is 63.7 Å². The molecule has 3 heterocycles. The van der Waals surface area contributed by atoms with Gasteiger partial charge < -0.3 is 15.1 Å². The lowest BCUT2D eigenvalue weighted by molar-refractivity contribution is 0.0997. The zero-order valence-corrected chi connectivity index (χ0v) is 19.7. The molecule has 0 radical (unpaired) electrons. The van der Waals surface area contributed by atoms with E-state index in [0.29, 0.717) is 5.95 Å². The summed E-state index contributed by atoms with van der Waals surface area (Å²) in [5, 5.41) is 7.22. The number of halogens is 1. The number of benzene rings is 1. The molecule has 4 aromatic rings. The molecule has 0 saturated carbocycles. The first kappa shape index (κ1) is 21.3. The molecule has 31 heavy (non-hydrogen) atoms. The topological polar surface area (TPSA) is 80.0 Å². The summed E-state index contributed by atoms with van der Waals surface area (Å²) in [4.78, 5) is 22.8. The first-order valence-corrected chi connectivity index (χ1v) is 11.3. The molecular weight excluding hydrogens is 476 g/mol. The molecule has 0 aliphatic rings. The number of carbonyl (C=O) groups is 1. The van der Waals surface area contributed by atoms with Crippen LogP contribution < -0.4 is 10.6 Å². The lowest BCUT2D eigenvalue weighted by Crippen LogP contribution is -2.18. The minimum atomic E-state index is -0.288. The number of nitrogens with one attached hydrogen (secondary N) is 2. The fourth-order valence-corrected chi connectivity index (χ4v) is 4.73. The van der Waals surface area contributed by atoms with Gasteiger partial charge >= 0.3 is 0 Å². The van der Waals surface area contributed by atoms with Crippen molar-refractivity contribution in [2.45, 2.75) is 26.8 Å². The molecular formula is C23H21BrN4O2S. The van der Waals surface area contributed by atoms with E-state index in [4.69, 9.17) is 4.42 Å². The average molecular weight is 497 g/mol. The van der Waals surface area contributed by atoms with Crippen LogP contribution in [0.25, 0.3) is 0 Å². The largest absolute Gasteiger partial charge is 0.459 e. The number of furan rings is 1. The SMILES string of the molecule is Cc1cc(C)nc(NC(c2cccc(Br)c2)c2cc(C)sc2NC(=O)c2ccco2)n1. The summed E-state index contributed by atoms with van der Waals surface area (Å²) in [5.74, 6) is 0.514. The van der Waals surface area contributed by atoms with Gasteiger partial charge in [0, 0.05) is 26.3 Å². The highest BCUT2D eigenvalue weighted by Crippen LogP contribution is 2.38. The van der Waals surface area contributed by atoms with Gasteiger partial charge in [-0.3, -0.25) is 4.79 Å². The number of rotatable bonds is 6. The van der Waals surface area contributed by atoms with E-state index in [1.54, 1.807) is 12.1 Å². The van der Waals surface area contributed by atoms with Crippen LogP contribution in [0.2, 0.25) is 0 Å². The van der Waals surface area contributed by atoms with Crippen LogP contribution in [0.4, 0.5) is 10.9 Å². The number of anilines is 2. The molecule has 1 aromatic carbocycles. The first-order valence-electron chi connectivity index (χ1n) is 9.68. The van der Waals surface area contributed by atoms with E-state index in [-0.39, 0.29) is 17.7 Å². The number of aromatic nitrogens is 2. The molecule has 1 amide bonds. The maximum Gasteiger partial charge on any atom is 0.291 e. The summed E-state index contributed by atoms with van der Waals surface area (Å²) in [7, 11) is 0. The highest BCUT2D eigenvalue weighted by atomic mass is 79.9. The third-order valence-corrected chi connectivity index (χ3v) is 6.08. The van der Waals surface area contributed by atoms with Crippen molar-refractivity contribution in [2.24, 2.45) is 0 Å². The molecule has 1 atom stereocenters. The van der Waals surface area contributed by atoms with Gasteiger partial charge in [0.2, 0.25) is 5.95 Å². The van der Waals surface area contributed by atoms with Crippen LogP contribution in [0, 0.1) is 20.8 Å². The molecule has 0 saturated heterocycles. The van der Waals surface area contributed by atoms with E-state index in [1.165, 1.54) is 17.6 Å². The number of hydrogen-bond acceptors (Lipinski definition) is 6. The van der Waals surface area contributed by atoms with Crippen LogP contribution in [-0.4, -0.2) is 15.9 Å². The van der Waals surface area contributed by atoms with Crippen LogP contribution in [0.3, 0.4) is 0 Å². The predicted octanol–water partition coefficient (Wildman–Crippen LogP) is 6.27. The molecule has 2 N–H and O–H groups in total. The Kier molecular flexibility index (Phi) is 6.20. The Hall–Kier alpha value is -2.97. The van der Waals surface area contributed by atoms with Crippen LogP contribution in [-0.2, 0) is 0 Å². The van der Waals surface area contributed by atoms with E-state index in [1.807, 2.05) is 51.1 Å². The Bertz CT molecular complexity index is 1200. The van der Waals surface area contributed by atoms with E-state index in [2.05, 4.69) is 42.6 Å². The Morgan fingerprint density at radius 2 is 1.84 bits per heavy atom. The van der Waals surface area contributed by atoms with Crippen molar-refractivity contribution in [1.82, 2.24) is 9.97 Å². The minimum Gasteiger partial charge on any atom is -0.459 e. The summed E-state index contributed by atoms with van der Waals surface area (Å²) in [6.07, 6.45) is 1.48. The third-order valence-electron chi connectivity index (χ3n) is 4.60. The molecule has 8 heteroatoms. The second-order valence-corrected chi connectivity index (χ2v) is 9.35. The smallest absolute Gasteiger partial charge is 0.291 e. The summed E-state index contributed by atoms with van der Waals surface area (Å²) >= 11 is 5.08. The summed E-state index contributed by atoms with van der Waals surface area (Å²) < 4.78 is 6.21. The van der Waals surface area contributed by atoms with Crippen molar-refractivity contribution < 1.29 is 9.21 Å². The molecule has 0 aliphatic carbocycles. The summed E-state index contributed by atoms with van der Waals surface area (Å²) in [6, 6.07) is 15.1. The minimum absolute atomic E-state index is 0.265. The maximum absolute atomic E-state index is 12.6. The molecule has 6 nitrogen and oxygen atoms in total. The highest BCUT2D eigenvalue weighted by molar-refractivity contribution is 9.10. The van der Waals surface area contributed by atoms with Gasteiger partial charge in [0.1, 0.15) is 5.00 Å². The Balaban J connectivity index is 1.75. The zero-order chi connectivity index (χ0) is 22.0. The van der Waals surface area contributed by atoms with Gasteiger partial charge in [-0.05, 0) is 62.7 Å². The molecule has 4 rings (SSSR count). The number of nitrogens with zero attached hydrogens (tertiary/aromatic N) is 2. The fraction of sp³-hybridized carbons (Fsp3) is 0.174. The summed E-state index contributed by atoms with van der Waals surface area (Å²) in [5.41, 5.74) is 3.72.